The van der Waals surface area contributed by atoms with Crippen LogP contribution in [0.5, 0.6) is 0 Å². The van der Waals surface area contributed by atoms with E-state index in [9.17, 15) is 18.5 Å². The minimum absolute atomic E-state index is 0.0786. The van der Waals surface area contributed by atoms with Crippen molar-refractivity contribution in [2.45, 2.75) is 10.6 Å². The third-order valence-corrected chi connectivity index (χ3v) is 4.87. The van der Waals surface area contributed by atoms with Crippen molar-refractivity contribution in [3.63, 3.8) is 0 Å². The number of nitrogens with zero attached hydrogens (tertiary/aromatic N) is 1. The maximum atomic E-state index is 11.5. The molecule has 0 amide bonds. The highest BCUT2D eigenvalue weighted by molar-refractivity contribution is 7.97. The Morgan fingerprint density at radius 1 is 1.17 bits per heavy atom. The second-order valence-electron chi connectivity index (χ2n) is 4.96. The van der Waals surface area contributed by atoms with E-state index in [-0.39, 0.29) is 16.3 Å². The lowest BCUT2D eigenvalue weighted by Gasteiger charge is -2.09. The van der Waals surface area contributed by atoms with E-state index in [4.69, 9.17) is 0 Å². The van der Waals surface area contributed by atoms with Gasteiger partial charge in [0.1, 0.15) is 5.69 Å². The van der Waals surface area contributed by atoms with Gasteiger partial charge in [-0.2, -0.15) is 11.8 Å². The van der Waals surface area contributed by atoms with Crippen LogP contribution in [0.3, 0.4) is 0 Å². The predicted octanol–water partition coefficient (Wildman–Crippen LogP) is 3.60. The van der Waals surface area contributed by atoms with E-state index in [0.29, 0.717) is 5.69 Å². The summed E-state index contributed by atoms with van der Waals surface area (Å²) in [6.45, 7) is 0. The van der Waals surface area contributed by atoms with Crippen molar-refractivity contribution in [2.75, 3.05) is 17.8 Å². The van der Waals surface area contributed by atoms with Gasteiger partial charge in [0.15, 0.2) is 9.84 Å². The highest BCUT2D eigenvalue weighted by Gasteiger charge is 2.18. The normalized spacial score (nSPS) is 11.2. The minimum atomic E-state index is -3.49. The molecule has 0 aliphatic heterocycles. The first-order chi connectivity index (χ1) is 10.8. The standard InChI is InChI=1S/C15H16N2O4S2/c1-22-10-11-3-5-12(6-4-11)16-14-8-7-13(23(2,20)21)9-15(14)17(18)19/h3-9,16H,10H2,1-2H3. The number of nitro benzene ring substituents is 1. The molecule has 1 N–H and O–H groups in total. The molecule has 0 saturated heterocycles. The number of hydrogen-bond donors (Lipinski definition) is 1. The third-order valence-electron chi connectivity index (χ3n) is 3.14. The van der Waals surface area contributed by atoms with Crippen LogP contribution in [0.2, 0.25) is 0 Å². The molecule has 0 radical (unpaired) electrons. The van der Waals surface area contributed by atoms with Crippen LogP contribution in [-0.4, -0.2) is 25.9 Å². The monoisotopic (exact) mass is 352 g/mol. The lowest BCUT2D eigenvalue weighted by atomic mass is 10.2. The number of nitro groups is 1. The van der Waals surface area contributed by atoms with Crippen molar-refractivity contribution < 1.29 is 13.3 Å². The summed E-state index contributed by atoms with van der Waals surface area (Å²) in [6.07, 6.45) is 3.03. The van der Waals surface area contributed by atoms with Gasteiger partial charge in [0, 0.05) is 23.8 Å². The Kier molecular flexibility index (Phi) is 5.27. The van der Waals surface area contributed by atoms with Crippen LogP contribution < -0.4 is 5.32 Å². The molecular weight excluding hydrogens is 336 g/mol. The minimum Gasteiger partial charge on any atom is -0.350 e. The number of rotatable bonds is 6. The second-order valence-corrected chi connectivity index (χ2v) is 7.84. The van der Waals surface area contributed by atoms with Gasteiger partial charge in [0.05, 0.1) is 9.82 Å². The molecule has 6 nitrogen and oxygen atoms in total. The molecule has 2 aromatic carbocycles. The number of anilines is 2. The summed E-state index contributed by atoms with van der Waals surface area (Å²) in [5, 5.41) is 14.2. The fourth-order valence-electron chi connectivity index (χ4n) is 2.01. The molecule has 0 bridgehead atoms. The summed E-state index contributed by atoms with van der Waals surface area (Å²) in [4.78, 5) is 10.5. The van der Waals surface area contributed by atoms with Crippen molar-refractivity contribution in [1.82, 2.24) is 0 Å². The second kappa shape index (κ2) is 7.01. The number of nitrogens with one attached hydrogen (secondary N) is 1. The highest BCUT2D eigenvalue weighted by atomic mass is 32.2. The van der Waals surface area contributed by atoms with Crippen LogP contribution in [0, 0.1) is 10.1 Å². The van der Waals surface area contributed by atoms with Gasteiger partial charge in [-0.1, -0.05) is 12.1 Å². The Morgan fingerprint density at radius 3 is 2.35 bits per heavy atom. The largest absolute Gasteiger partial charge is 0.350 e. The van der Waals surface area contributed by atoms with E-state index in [1.54, 1.807) is 11.8 Å². The molecule has 2 rings (SSSR count). The SMILES string of the molecule is CSCc1ccc(Nc2ccc(S(C)(=O)=O)cc2[N+](=O)[O-])cc1. The van der Waals surface area contributed by atoms with Crippen molar-refractivity contribution >= 4 is 38.7 Å². The van der Waals surface area contributed by atoms with Gasteiger partial charge >= 0.3 is 0 Å². The van der Waals surface area contributed by atoms with Crippen LogP contribution >= 0.6 is 11.8 Å². The smallest absolute Gasteiger partial charge is 0.293 e. The first-order valence-corrected chi connectivity index (χ1v) is 9.93. The molecule has 122 valence electrons. The summed E-state index contributed by atoms with van der Waals surface area (Å²) >= 11 is 1.71. The lowest BCUT2D eigenvalue weighted by Crippen LogP contribution is -2.02. The summed E-state index contributed by atoms with van der Waals surface area (Å²) < 4.78 is 23.1. The number of sulfone groups is 1. The molecule has 0 unspecified atom stereocenters. The van der Waals surface area contributed by atoms with Gasteiger partial charge in [-0.25, -0.2) is 8.42 Å². The van der Waals surface area contributed by atoms with Crippen LogP contribution in [0.1, 0.15) is 5.56 Å². The molecule has 0 aromatic heterocycles. The molecule has 23 heavy (non-hydrogen) atoms. The van der Waals surface area contributed by atoms with Crippen LogP contribution in [-0.2, 0) is 15.6 Å². The molecule has 0 spiro atoms. The third kappa shape index (κ3) is 4.46. The van der Waals surface area contributed by atoms with Crippen LogP contribution in [0.4, 0.5) is 17.1 Å². The summed E-state index contributed by atoms with van der Waals surface area (Å²) in [5.74, 6) is 0.892. The van der Waals surface area contributed by atoms with Crippen molar-refractivity contribution in [3.8, 4) is 0 Å². The van der Waals surface area contributed by atoms with E-state index in [0.717, 1.165) is 23.6 Å². The van der Waals surface area contributed by atoms with Gasteiger partial charge in [-0.3, -0.25) is 10.1 Å². The Morgan fingerprint density at radius 2 is 1.83 bits per heavy atom. The summed E-state index contributed by atoms with van der Waals surface area (Å²) in [5.41, 5.74) is 1.83. The average molecular weight is 352 g/mol. The van der Waals surface area contributed by atoms with Crippen LogP contribution in [0.25, 0.3) is 0 Å². The zero-order valence-electron chi connectivity index (χ0n) is 12.6. The zero-order valence-corrected chi connectivity index (χ0v) is 14.3. The Hall–Kier alpha value is -2.06. The van der Waals surface area contributed by atoms with E-state index in [1.165, 1.54) is 12.1 Å². The number of hydrogen-bond acceptors (Lipinski definition) is 6. The zero-order chi connectivity index (χ0) is 17.0. The Balaban J connectivity index is 2.33. The fraction of sp³-hybridized carbons (Fsp3) is 0.200. The van der Waals surface area contributed by atoms with E-state index in [1.807, 2.05) is 30.5 Å². The van der Waals surface area contributed by atoms with Gasteiger partial charge in [-0.15, -0.1) is 0 Å². The van der Waals surface area contributed by atoms with Crippen molar-refractivity contribution in [2.24, 2.45) is 0 Å². The summed E-state index contributed by atoms with van der Waals surface area (Å²) in [6, 6.07) is 11.4. The molecule has 0 saturated carbocycles. The molecule has 8 heteroatoms. The Labute approximate surface area is 139 Å². The number of benzene rings is 2. The fourth-order valence-corrected chi connectivity index (χ4v) is 3.17. The topological polar surface area (TPSA) is 89.3 Å². The molecule has 0 heterocycles. The van der Waals surface area contributed by atoms with Gasteiger partial charge in [0.25, 0.3) is 5.69 Å². The van der Waals surface area contributed by atoms with Crippen molar-refractivity contribution in [3.05, 3.63) is 58.1 Å². The van der Waals surface area contributed by atoms with E-state index < -0.39 is 14.8 Å². The average Bonchev–Trinajstić information content (AvgIpc) is 2.48. The van der Waals surface area contributed by atoms with Gasteiger partial charge in [-0.05, 0) is 36.1 Å². The lowest BCUT2D eigenvalue weighted by molar-refractivity contribution is -0.384. The highest BCUT2D eigenvalue weighted by Crippen LogP contribution is 2.30. The maximum Gasteiger partial charge on any atom is 0.293 e. The summed E-state index contributed by atoms with van der Waals surface area (Å²) in [7, 11) is -3.49. The van der Waals surface area contributed by atoms with Gasteiger partial charge < -0.3 is 5.32 Å². The molecule has 0 atom stereocenters. The molecule has 0 aliphatic carbocycles. The Bertz CT molecular complexity index is 818. The van der Waals surface area contributed by atoms with Crippen LogP contribution in [0.15, 0.2) is 47.4 Å². The van der Waals surface area contributed by atoms with E-state index >= 15 is 0 Å². The maximum absolute atomic E-state index is 11.5. The van der Waals surface area contributed by atoms with Gasteiger partial charge in [0.2, 0.25) is 0 Å². The molecular formula is C15H16N2O4S2. The van der Waals surface area contributed by atoms with E-state index in [2.05, 4.69) is 5.32 Å². The predicted molar refractivity (Wildman–Crippen MR) is 93.1 cm³/mol. The molecule has 0 aliphatic rings. The number of thioether (sulfide) groups is 1. The van der Waals surface area contributed by atoms with Crippen molar-refractivity contribution in [1.29, 1.82) is 0 Å². The first kappa shape index (κ1) is 17.3. The quantitative estimate of drug-likeness (QED) is 0.631. The molecule has 2 aromatic rings. The first-order valence-electron chi connectivity index (χ1n) is 6.64. The molecule has 0 fully saturated rings.